The lowest BCUT2D eigenvalue weighted by atomic mass is 10.1. The summed E-state index contributed by atoms with van der Waals surface area (Å²) in [7, 11) is 4.10. The van der Waals surface area contributed by atoms with Crippen molar-refractivity contribution in [2.24, 2.45) is 5.84 Å². The number of hydrogen-bond donors (Lipinski definition) is 2. The van der Waals surface area contributed by atoms with Crippen LogP contribution in [-0.4, -0.2) is 25.5 Å². The van der Waals surface area contributed by atoms with Gasteiger partial charge in [0, 0.05) is 5.39 Å². The number of aryl methyl sites for hydroxylation is 1. The zero-order chi connectivity index (χ0) is 13.1. The molecule has 4 nitrogen and oxygen atoms in total. The van der Waals surface area contributed by atoms with E-state index in [1.807, 2.05) is 6.07 Å². The molecule has 1 heterocycles. The van der Waals surface area contributed by atoms with E-state index in [4.69, 9.17) is 10.3 Å². The Bertz CT molecular complexity index is 519. The molecule has 0 aliphatic carbocycles. The zero-order valence-electron chi connectivity index (χ0n) is 11.2. The van der Waals surface area contributed by atoms with Crippen molar-refractivity contribution in [3.05, 3.63) is 35.6 Å². The molecule has 0 radical (unpaired) electrons. The third kappa shape index (κ3) is 2.90. The summed E-state index contributed by atoms with van der Waals surface area (Å²) in [6.45, 7) is 3.04. The predicted molar refractivity (Wildman–Crippen MR) is 74.2 cm³/mol. The Morgan fingerprint density at radius 3 is 2.78 bits per heavy atom. The molecule has 1 atom stereocenters. The molecule has 0 aliphatic heterocycles. The molecule has 1 aromatic carbocycles. The summed E-state index contributed by atoms with van der Waals surface area (Å²) >= 11 is 0. The van der Waals surface area contributed by atoms with Gasteiger partial charge in [0.15, 0.2) is 0 Å². The number of nitrogens with two attached hydrogens (primary N) is 1. The summed E-state index contributed by atoms with van der Waals surface area (Å²) < 4.78 is 5.85. The first kappa shape index (κ1) is 13.1. The lowest BCUT2D eigenvalue weighted by Gasteiger charge is -2.16. The lowest BCUT2D eigenvalue weighted by Crippen LogP contribution is -2.30. The number of nitrogens with zero attached hydrogens (tertiary/aromatic N) is 1. The van der Waals surface area contributed by atoms with Crippen molar-refractivity contribution in [3.8, 4) is 0 Å². The fourth-order valence-electron chi connectivity index (χ4n) is 2.05. The number of nitrogens with one attached hydrogen (secondary N) is 1. The second-order valence-corrected chi connectivity index (χ2v) is 5.00. The molecule has 1 unspecified atom stereocenters. The Kier molecular flexibility index (Phi) is 4.01. The van der Waals surface area contributed by atoms with Gasteiger partial charge in [-0.2, -0.15) is 0 Å². The van der Waals surface area contributed by atoms with Gasteiger partial charge in [-0.1, -0.05) is 11.6 Å². The van der Waals surface area contributed by atoms with E-state index in [9.17, 15) is 0 Å². The van der Waals surface area contributed by atoms with Crippen molar-refractivity contribution in [2.45, 2.75) is 19.4 Å². The minimum atomic E-state index is 0.0557. The minimum absolute atomic E-state index is 0.0557. The van der Waals surface area contributed by atoms with Crippen LogP contribution in [0.3, 0.4) is 0 Å². The van der Waals surface area contributed by atoms with Crippen LogP contribution in [0.5, 0.6) is 0 Å². The fraction of sp³-hybridized carbons (Fsp3) is 0.429. The van der Waals surface area contributed by atoms with Crippen LogP contribution in [0.25, 0.3) is 11.0 Å². The van der Waals surface area contributed by atoms with E-state index >= 15 is 0 Å². The summed E-state index contributed by atoms with van der Waals surface area (Å²) in [5.41, 5.74) is 4.98. The fourth-order valence-corrected chi connectivity index (χ4v) is 2.05. The Morgan fingerprint density at radius 2 is 2.11 bits per heavy atom. The molecule has 0 saturated carbocycles. The highest BCUT2D eigenvalue weighted by Gasteiger charge is 2.15. The number of rotatable bonds is 5. The Hall–Kier alpha value is -1.36. The van der Waals surface area contributed by atoms with E-state index in [0.717, 1.165) is 29.7 Å². The van der Waals surface area contributed by atoms with Crippen molar-refractivity contribution >= 4 is 11.0 Å². The molecule has 98 valence electrons. The van der Waals surface area contributed by atoms with Crippen molar-refractivity contribution in [3.63, 3.8) is 0 Å². The maximum absolute atomic E-state index is 5.85. The minimum Gasteiger partial charge on any atom is -0.459 e. The van der Waals surface area contributed by atoms with Gasteiger partial charge in [0.2, 0.25) is 0 Å². The maximum Gasteiger partial charge on any atom is 0.134 e. The molecule has 3 N–H and O–H groups in total. The first-order valence-corrected chi connectivity index (χ1v) is 6.21. The number of hydrazine groups is 1. The highest BCUT2D eigenvalue weighted by atomic mass is 16.3. The van der Waals surface area contributed by atoms with Crippen LogP contribution >= 0.6 is 0 Å². The van der Waals surface area contributed by atoms with Gasteiger partial charge in [0.05, 0.1) is 6.04 Å². The number of furan rings is 1. The normalized spacial score (nSPS) is 13.4. The van der Waals surface area contributed by atoms with Crippen LogP contribution < -0.4 is 11.3 Å². The van der Waals surface area contributed by atoms with Gasteiger partial charge in [0.25, 0.3) is 0 Å². The summed E-state index contributed by atoms with van der Waals surface area (Å²) in [6, 6.07) is 8.32. The first-order chi connectivity index (χ1) is 8.60. The predicted octanol–water partition coefficient (Wildman–Crippen LogP) is 2.20. The lowest BCUT2D eigenvalue weighted by molar-refractivity contribution is 0.339. The van der Waals surface area contributed by atoms with Crippen LogP contribution in [0.4, 0.5) is 0 Å². The zero-order valence-corrected chi connectivity index (χ0v) is 11.2. The largest absolute Gasteiger partial charge is 0.459 e. The van der Waals surface area contributed by atoms with E-state index in [0.29, 0.717) is 0 Å². The van der Waals surface area contributed by atoms with E-state index in [1.165, 1.54) is 5.56 Å². The molecule has 18 heavy (non-hydrogen) atoms. The van der Waals surface area contributed by atoms with Gasteiger partial charge in [0.1, 0.15) is 11.3 Å². The number of hydrogen-bond acceptors (Lipinski definition) is 4. The van der Waals surface area contributed by atoms with Crippen LogP contribution in [0.15, 0.2) is 28.7 Å². The summed E-state index contributed by atoms with van der Waals surface area (Å²) in [6.07, 6.45) is 0.919. The van der Waals surface area contributed by atoms with Crippen molar-refractivity contribution in [2.75, 3.05) is 20.6 Å². The van der Waals surface area contributed by atoms with Crippen molar-refractivity contribution in [1.82, 2.24) is 10.3 Å². The average molecular weight is 247 g/mol. The standard InChI is InChI=1S/C14H21N3O/c1-10-4-5-13-11(8-10)9-14(18-13)12(16-15)6-7-17(2)3/h4-5,8-9,12,16H,6-7,15H2,1-3H3. The van der Waals surface area contributed by atoms with E-state index in [2.05, 4.69) is 49.5 Å². The number of benzene rings is 1. The van der Waals surface area contributed by atoms with Gasteiger partial charge in [-0.05, 0) is 52.2 Å². The molecule has 4 heteroatoms. The molecular formula is C14H21N3O. The molecule has 0 fully saturated rings. The van der Waals surface area contributed by atoms with Crippen LogP contribution in [0.1, 0.15) is 23.8 Å². The molecule has 1 aromatic heterocycles. The molecule has 0 aliphatic rings. The molecule has 2 aromatic rings. The summed E-state index contributed by atoms with van der Waals surface area (Å²) in [4.78, 5) is 2.14. The van der Waals surface area contributed by atoms with Gasteiger partial charge < -0.3 is 9.32 Å². The molecule has 0 amide bonds. The van der Waals surface area contributed by atoms with Gasteiger partial charge in [-0.15, -0.1) is 0 Å². The second-order valence-electron chi connectivity index (χ2n) is 5.00. The van der Waals surface area contributed by atoms with Crippen molar-refractivity contribution < 1.29 is 4.42 Å². The first-order valence-electron chi connectivity index (χ1n) is 6.21. The third-order valence-electron chi connectivity index (χ3n) is 3.10. The SMILES string of the molecule is Cc1ccc2oc(C(CCN(C)C)NN)cc2c1. The summed E-state index contributed by atoms with van der Waals surface area (Å²) in [5, 5.41) is 1.13. The topological polar surface area (TPSA) is 54.4 Å². The van der Waals surface area contributed by atoms with Crippen molar-refractivity contribution in [1.29, 1.82) is 0 Å². The van der Waals surface area contributed by atoms with Gasteiger partial charge in [-0.25, -0.2) is 5.43 Å². The highest BCUT2D eigenvalue weighted by Crippen LogP contribution is 2.26. The van der Waals surface area contributed by atoms with Gasteiger partial charge >= 0.3 is 0 Å². The van der Waals surface area contributed by atoms with Crippen LogP contribution in [0, 0.1) is 6.92 Å². The third-order valence-corrected chi connectivity index (χ3v) is 3.10. The second kappa shape index (κ2) is 5.52. The van der Waals surface area contributed by atoms with Crippen LogP contribution in [0.2, 0.25) is 0 Å². The Balaban J connectivity index is 2.22. The molecule has 2 rings (SSSR count). The molecule has 0 bridgehead atoms. The van der Waals surface area contributed by atoms with E-state index < -0.39 is 0 Å². The highest BCUT2D eigenvalue weighted by molar-refractivity contribution is 5.78. The van der Waals surface area contributed by atoms with E-state index in [1.54, 1.807) is 0 Å². The smallest absolute Gasteiger partial charge is 0.134 e. The Morgan fingerprint density at radius 1 is 1.33 bits per heavy atom. The van der Waals surface area contributed by atoms with Gasteiger partial charge in [-0.3, -0.25) is 5.84 Å². The van der Waals surface area contributed by atoms with Crippen LogP contribution in [-0.2, 0) is 0 Å². The quantitative estimate of drug-likeness (QED) is 0.628. The maximum atomic E-state index is 5.85. The average Bonchev–Trinajstić information content (AvgIpc) is 2.72. The number of fused-ring (bicyclic) bond motifs is 1. The molecular weight excluding hydrogens is 226 g/mol. The summed E-state index contributed by atoms with van der Waals surface area (Å²) in [5.74, 6) is 6.52. The molecule has 0 spiro atoms. The van der Waals surface area contributed by atoms with E-state index in [-0.39, 0.29) is 6.04 Å². The molecule has 0 saturated heterocycles. The Labute approximate surface area is 108 Å². The monoisotopic (exact) mass is 247 g/mol.